The Morgan fingerprint density at radius 3 is 2.55 bits per heavy atom. The highest BCUT2D eigenvalue weighted by molar-refractivity contribution is 5.37. The highest BCUT2D eigenvalue weighted by Crippen LogP contribution is 2.18. The van der Waals surface area contributed by atoms with Gasteiger partial charge >= 0.3 is 0 Å². The molecule has 1 heterocycles. The van der Waals surface area contributed by atoms with E-state index in [1.165, 1.54) is 22.3 Å². The summed E-state index contributed by atoms with van der Waals surface area (Å²) in [6.07, 6.45) is 1.76. The van der Waals surface area contributed by atoms with E-state index in [1.54, 1.807) is 13.4 Å². The number of aryl methyl sites for hydroxylation is 3. The zero-order chi connectivity index (χ0) is 16.1. The maximum atomic E-state index is 5.13. The summed E-state index contributed by atoms with van der Waals surface area (Å²) in [6.45, 7) is 10.9. The molecule has 2 aromatic rings. The number of rotatable bonds is 7. The zero-order valence-electron chi connectivity index (χ0n) is 14.2. The molecule has 0 aliphatic heterocycles. The van der Waals surface area contributed by atoms with Crippen LogP contribution in [0.1, 0.15) is 41.0 Å². The van der Waals surface area contributed by atoms with Crippen molar-refractivity contribution in [3.05, 3.63) is 46.5 Å². The van der Waals surface area contributed by atoms with E-state index in [2.05, 4.69) is 55.3 Å². The summed E-state index contributed by atoms with van der Waals surface area (Å²) < 4.78 is 7.16. The lowest BCUT2D eigenvalue weighted by molar-refractivity contribution is 0.185. The lowest BCUT2D eigenvalue weighted by atomic mass is 9.99. The Balaban J connectivity index is 2.04. The minimum atomic E-state index is 0.138. The number of ether oxygens (including phenoxy) is 1. The zero-order valence-corrected chi connectivity index (χ0v) is 14.2. The van der Waals surface area contributed by atoms with E-state index < -0.39 is 0 Å². The number of hydrogen-bond acceptors (Lipinski definition) is 4. The summed E-state index contributed by atoms with van der Waals surface area (Å²) in [5.41, 5.74) is 5.34. The van der Waals surface area contributed by atoms with E-state index in [1.807, 2.05) is 4.57 Å². The Kier molecular flexibility index (Phi) is 5.69. The number of nitrogens with zero attached hydrogens (tertiary/aromatic N) is 3. The van der Waals surface area contributed by atoms with Crippen molar-refractivity contribution < 1.29 is 4.74 Å². The van der Waals surface area contributed by atoms with Gasteiger partial charge in [-0.2, -0.15) is 0 Å². The van der Waals surface area contributed by atoms with Gasteiger partial charge in [0.2, 0.25) is 0 Å². The molecule has 0 amide bonds. The van der Waals surface area contributed by atoms with Crippen molar-refractivity contribution in [2.45, 2.75) is 46.8 Å². The average molecular weight is 302 g/mol. The second-order valence-electron chi connectivity index (χ2n) is 5.86. The molecular weight excluding hydrogens is 276 g/mol. The molecule has 0 saturated carbocycles. The third-order valence-electron chi connectivity index (χ3n) is 3.99. The monoisotopic (exact) mass is 302 g/mol. The van der Waals surface area contributed by atoms with Crippen LogP contribution in [0.15, 0.2) is 18.5 Å². The van der Waals surface area contributed by atoms with Crippen molar-refractivity contribution in [1.82, 2.24) is 20.1 Å². The molecule has 1 atom stereocenters. The number of benzene rings is 1. The number of methoxy groups -OCH3 is 1. The Labute approximate surface area is 132 Å². The molecule has 1 unspecified atom stereocenters. The predicted molar refractivity (Wildman–Crippen MR) is 87.8 cm³/mol. The van der Waals surface area contributed by atoms with Crippen molar-refractivity contribution >= 4 is 0 Å². The molecule has 1 aromatic heterocycles. The average Bonchev–Trinajstić information content (AvgIpc) is 2.92. The Hall–Kier alpha value is -1.72. The van der Waals surface area contributed by atoms with Gasteiger partial charge in [-0.05, 0) is 44.4 Å². The van der Waals surface area contributed by atoms with Gasteiger partial charge in [0.05, 0.1) is 12.6 Å². The van der Waals surface area contributed by atoms with Gasteiger partial charge in [0.1, 0.15) is 12.2 Å². The van der Waals surface area contributed by atoms with Crippen LogP contribution in [0.25, 0.3) is 0 Å². The van der Waals surface area contributed by atoms with Crippen molar-refractivity contribution in [3.8, 4) is 0 Å². The van der Waals surface area contributed by atoms with Crippen molar-refractivity contribution in [1.29, 1.82) is 0 Å². The van der Waals surface area contributed by atoms with Gasteiger partial charge in [-0.25, -0.2) is 0 Å². The van der Waals surface area contributed by atoms with Crippen molar-refractivity contribution in [3.63, 3.8) is 0 Å². The number of aromatic nitrogens is 3. The Morgan fingerprint density at radius 1 is 1.23 bits per heavy atom. The summed E-state index contributed by atoms with van der Waals surface area (Å²) in [5.74, 6) is 0.944. The van der Waals surface area contributed by atoms with E-state index in [4.69, 9.17) is 4.74 Å². The standard InChI is InChI=1S/C17H26N4O/c1-12-8-13(2)16(14(3)9-12)10-18-15(4)17-20-19-11-21(17)6-7-22-5/h8-9,11,15,18H,6-7,10H2,1-5H3. The van der Waals surface area contributed by atoms with E-state index >= 15 is 0 Å². The lowest BCUT2D eigenvalue weighted by Crippen LogP contribution is -2.23. The fraction of sp³-hybridized carbons (Fsp3) is 0.529. The van der Waals surface area contributed by atoms with Crippen LogP contribution in [0.2, 0.25) is 0 Å². The van der Waals surface area contributed by atoms with Crippen LogP contribution in [0.5, 0.6) is 0 Å². The first-order valence-corrected chi connectivity index (χ1v) is 7.69. The van der Waals surface area contributed by atoms with Crippen LogP contribution in [0.3, 0.4) is 0 Å². The molecule has 5 nitrogen and oxygen atoms in total. The molecule has 0 radical (unpaired) electrons. The quantitative estimate of drug-likeness (QED) is 0.854. The number of nitrogens with one attached hydrogen (secondary N) is 1. The second kappa shape index (κ2) is 7.51. The minimum Gasteiger partial charge on any atom is -0.383 e. The van der Waals surface area contributed by atoms with Crippen molar-refractivity contribution in [2.24, 2.45) is 0 Å². The number of hydrogen-bond donors (Lipinski definition) is 1. The first kappa shape index (κ1) is 16.6. The molecule has 0 fully saturated rings. The van der Waals surface area contributed by atoms with Crippen molar-refractivity contribution in [2.75, 3.05) is 13.7 Å². The van der Waals surface area contributed by atoms with Crippen LogP contribution in [0.4, 0.5) is 0 Å². The lowest BCUT2D eigenvalue weighted by Gasteiger charge is -2.17. The molecule has 120 valence electrons. The topological polar surface area (TPSA) is 52.0 Å². The first-order chi connectivity index (χ1) is 10.5. The minimum absolute atomic E-state index is 0.138. The SMILES string of the molecule is COCCn1cnnc1C(C)NCc1c(C)cc(C)cc1C. The highest BCUT2D eigenvalue weighted by Gasteiger charge is 2.13. The van der Waals surface area contributed by atoms with Crippen LogP contribution < -0.4 is 5.32 Å². The van der Waals surface area contributed by atoms with Gasteiger partial charge in [-0.3, -0.25) is 0 Å². The molecule has 0 bridgehead atoms. The molecule has 1 N–H and O–H groups in total. The molecular formula is C17H26N4O. The van der Waals surface area contributed by atoms with Gasteiger partial charge in [-0.15, -0.1) is 10.2 Å². The molecule has 5 heteroatoms. The fourth-order valence-electron chi connectivity index (χ4n) is 2.80. The predicted octanol–water partition coefficient (Wildman–Crippen LogP) is 2.70. The summed E-state index contributed by atoms with van der Waals surface area (Å²) in [5, 5.41) is 11.8. The van der Waals surface area contributed by atoms with Gasteiger partial charge in [0.15, 0.2) is 0 Å². The second-order valence-corrected chi connectivity index (χ2v) is 5.86. The molecule has 2 rings (SSSR count). The largest absolute Gasteiger partial charge is 0.383 e. The fourth-order valence-corrected chi connectivity index (χ4v) is 2.80. The van der Waals surface area contributed by atoms with Crippen LogP contribution in [0, 0.1) is 20.8 Å². The summed E-state index contributed by atoms with van der Waals surface area (Å²) in [7, 11) is 1.70. The molecule has 0 aliphatic rings. The maximum absolute atomic E-state index is 5.13. The molecule has 0 aliphatic carbocycles. The normalized spacial score (nSPS) is 12.6. The smallest absolute Gasteiger partial charge is 0.149 e. The molecule has 1 aromatic carbocycles. The highest BCUT2D eigenvalue weighted by atomic mass is 16.5. The molecule has 22 heavy (non-hydrogen) atoms. The third-order valence-corrected chi connectivity index (χ3v) is 3.99. The van der Waals surface area contributed by atoms with E-state index in [0.29, 0.717) is 6.61 Å². The van der Waals surface area contributed by atoms with E-state index in [9.17, 15) is 0 Å². The van der Waals surface area contributed by atoms with Gasteiger partial charge < -0.3 is 14.6 Å². The Bertz CT molecular complexity index is 598. The maximum Gasteiger partial charge on any atom is 0.149 e. The molecule has 0 saturated heterocycles. The van der Waals surface area contributed by atoms with Crippen LogP contribution in [-0.4, -0.2) is 28.5 Å². The summed E-state index contributed by atoms with van der Waals surface area (Å²) >= 11 is 0. The van der Waals surface area contributed by atoms with E-state index in [0.717, 1.165) is 18.9 Å². The van der Waals surface area contributed by atoms with Gasteiger partial charge in [0.25, 0.3) is 0 Å². The van der Waals surface area contributed by atoms with Crippen LogP contribution in [-0.2, 0) is 17.8 Å². The third kappa shape index (κ3) is 3.93. The van der Waals surface area contributed by atoms with Gasteiger partial charge in [-0.1, -0.05) is 17.7 Å². The van der Waals surface area contributed by atoms with E-state index in [-0.39, 0.29) is 6.04 Å². The summed E-state index contributed by atoms with van der Waals surface area (Å²) in [6, 6.07) is 4.60. The summed E-state index contributed by atoms with van der Waals surface area (Å²) in [4.78, 5) is 0. The first-order valence-electron chi connectivity index (χ1n) is 7.69. The Morgan fingerprint density at radius 2 is 1.91 bits per heavy atom. The van der Waals surface area contributed by atoms with Gasteiger partial charge in [0, 0.05) is 20.2 Å². The van der Waals surface area contributed by atoms with Crippen LogP contribution >= 0.6 is 0 Å². The molecule has 0 spiro atoms.